The molecule has 0 saturated carbocycles. The Morgan fingerprint density at radius 3 is 0.946 bits per heavy atom. The van der Waals surface area contributed by atoms with Crippen LogP contribution in [0.3, 0.4) is 0 Å². The van der Waals surface area contributed by atoms with E-state index in [1.54, 1.807) is 24.3 Å². The third-order valence-corrected chi connectivity index (χ3v) is 22.3. The van der Waals surface area contributed by atoms with Crippen molar-refractivity contribution in [2.75, 3.05) is 0 Å². The minimum atomic E-state index is -1.14. The van der Waals surface area contributed by atoms with Crippen molar-refractivity contribution in [2.45, 2.75) is 38.8 Å². The van der Waals surface area contributed by atoms with Crippen LogP contribution in [0.1, 0.15) is 38.8 Å². The lowest BCUT2D eigenvalue weighted by Gasteiger charge is -2.42. The predicted octanol–water partition coefficient (Wildman–Crippen LogP) is 24.0. The molecular weight excluding hydrogens is 1170 g/mol. The number of benzene rings is 13. The van der Waals surface area contributed by atoms with E-state index in [4.69, 9.17) is 0 Å². The molecule has 13 aromatic carbocycles. The highest BCUT2D eigenvalue weighted by Gasteiger charge is 2.45. The van der Waals surface area contributed by atoms with Gasteiger partial charge < -0.3 is 18.3 Å². The van der Waals surface area contributed by atoms with Crippen LogP contribution in [0.4, 0.5) is 8.78 Å². The van der Waals surface area contributed by atoms with Gasteiger partial charge in [-0.15, -0.1) is 22.7 Å². The van der Waals surface area contributed by atoms with Crippen molar-refractivity contribution in [2.24, 2.45) is 0 Å². The van der Waals surface area contributed by atoms with Crippen LogP contribution in [0.25, 0.3) is 161 Å². The van der Waals surface area contributed by atoms with Crippen molar-refractivity contribution in [1.29, 1.82) is 0 Å². The molecule has 6 heterocycles. The summed E-state index contributed by atoms with van der Waals surface area (Å²) in [6.07, 6.45) is 0. The molecule has 0 aliphatic heterocycles. The maximum Gasteiger partial charge on any atom is 0.131 e. The Morgan fingerprint density at radius 2 is 0.565 bits per heavy atom. The average molecular weight is 1220 g/mol. The Labute approximate surface area is 535 Å². The number of fused-ring (bicyclic) bond motifs is 20. The van der Waals surface area contributed by atoms with E-state index in [2.05, 4.69) is 264 Å². The third kappa shape index (κ3) is 7.13. The fourth-order valence-corrected chi connectivity index (χ4v) is 18.7. The minimum Gasteiger partial charge on any atom is -0.331 e. The van der Waals surface area contributed by atoms with Crippen molar-refractivity contribution >= 4 is 150 Å². The topological polar surface area (TPSA) is 19.7 Å². The maximum absolute atomic E-state index is 19.0. The van der Waals surface area contributed by atoms with E-state index in [9.17, 15) is 0 Å². The van der Waals surface area contributed by atoms with Gasteiger partial charge in [-0.05, 0) is 118 Å². The molecule has 438 valence electrons. The van der Waals surface area contributed by atoms with E-state index in [1.165, 1.54) is 40.3 Å². The van der Waals surface area contributed by atoms with Gasteiger partial charge in [0.1, 0.15) is 11.6 Å². The molecule has 8 heteroatoms. The van der Waals surface area contributed by atoms with Crippen LogP contribution < -0.4 is 0 Å². The molecule has 0 saturated heterocycles. The van der Waals surface area contributed by atoms with Crippen molar-refractivity contribution in [1.82, 2.24) is 18.3 Å². The molecule has 0 radical (unpaired) electrons. The lowest BCUT2D eigenvalue weighted by molar-refractivity contribution is 0.454. The minimum absolute atomic E-state index is 0.392. The molecule has 0 aliphatic carbocycles. The second-order valence-electron chi connectivity index (χ2n) is 25.6. The molecule has 19 rings (SSSR count). The highest BCUT2D eigenvalue weighted by molar-refractivity contribution is 7.26. The standard InChI is InChI=1S/C84H56F2N4S2/c1-83(2,89-63-39-19-7-25-49(63)50-26-8-20-40-64(50)89)79-77(53-29-5-15-35-59(53)85)81(87-61-37-17-11-31-55(61)73-67(87)45-47-71-75(73)57-33-13-23-43-69(57)91-71)80(84(3,4)90-65-41-21-9-27-51(65)52-28-10-22-42-66(52)90)82(78(79)54-30-6-16-36-60(54)86)88-62-38-18-12-32-56(62)74-68(88)46-48-72-76(74)58-34-14-24-44-70(58)92-72/h5-48H,1-4H3. The zero-order valence-corrected chi connectivity index (χ0v) is 52.4. The Bertz CT molecular complexity index is 6010. The maximum atomic E-state index is 19.0. The highest BCUT2D eigenvalue weighted by atomic mass is 32.1. The number of aromatic nitrogens is 4. The van der Waals surface area contributed by atoms with Crippen LogP contribution in [0.2, 0.25) is 0 Å². The van der Waals surface area contributed by atoms with Gasteiger partial charge >= 0.3 is 0 Å². The second kappa shape index (κ2) is 19.4. The van der Waals surface area contributed by atoms with Gasteiger partial charge in [-0.3, -0.25) is 0 Å². The summed E-state index contributed by atoms with van der Waals surface area (Å²) in [6, 6.07) is 93.6. The quantitative estimate of drug-likeness (QED) is 0.144. The Morgan fingerprint density at radius 1 is 0.261 bits per heavy atom. The molecule has 0 atom stereocenters. The van der Waals surface area contributed by atoms with Gasteiger partial charge in [0.2, 0.25) is 0 Å². The first-order chi connectivity index (χ1) is 45.1. The summed E-state index contributed by atoms with van der Waals surface area (Å²) in [4.78, 5) is 0. The lowest BCUT2D eigenvalue weighted by Crippen LogP contribution is -2.35. The number of nitrogens with zero attached hydrogens (tertiary/aromatic N) is 4. The van der Waals surface area contributed by atoms with Crippen LogP contribution >= 0.6 is 22.7 Å². The van der Waals surface area contributed by atoms with E-state index in [0.29, 0.717) is 22.3 Å². The highest BCUT2D eigenvalue weighted by Crippen LogP contribution is 2.59. The van der Waals surface area contributed by atoms with Crippen LogP contribution in [-0.4, -0.2) is 18.3 Å². The third-order valence-electron chi connectivity index (χ3n) is 20.0. The Balaban J connectivity index is 1.17. The predicted molar refractivity (Wildman–Crippen MR) is 387 cm³/mol. The summed E-state index contributed by atoms with van der Waals surface area (Å²) in [6.45, 7) is 9.25. The molecule has 0 spiro atoms. The van der Waals surface area contributed by atoms with Gasteiger partial charge in [0.05, 0.1) is 44.5 Å². The van der Waals surface area contributed by atoms with Crippen LogP contribution in [0.15, 0.2) is 267 Å². The summed E-state index contributed by atoms with van der Waals surface area (Å²) in [7, 11) is 0. The summed E-state index contributed by atoms with van der Waals surface area (Å²) in [5.41, 5.74) is 11.0. The number of hydrogen-bond acceptors (Lipinski definition) is 2. The van der Waals surface area contributed by atoms with Crippen LogP contribution in [-0.2, 0) is 11.1 Å². The second-order valence-corrected chi connectivity index (χ2v) is 27.7. The molecule has 0 aliphatic rings. The first kappa shape index (κ1) is 53.2. The molecule has 92 heavy (non-hydrogen) atoms. The monoisotopic (exact) mass is 1220 g/mol. The van der Waals surface area contributed by atoms with E-state index in [-0.39, 0.29) is 0 Å². The number of thiophene rings is 2. The smallest absolute Gasteiger partial charge is 0.131 e. The number of para-hydroxylation sites is 6. The van der Waals surface area contributed by atoms with Crippen molar-refractivity contribution < 1.29 is 8.78 Å². The Kier molecular flexibility index (Phi) is 11.2. The Hall–Kier alpha value is -10.6. The summed E-state index contributed by atoms with van der Waals surface area (Å²) < 4.78 is 52.6. The van der Waals surface area contributed by atoms with Crippen LogP contribution in [0, 0.1) is 11.6 Å². The van der Waals surface area contributed by atoms with Crippen LogP contribution in [0.5, 0.6) is 0 Å². The number of rotatable bonds is 8. The molecule has 0 bridgehead atoms. The van der Waals surface area contributed by atoms with Crippen molar-refractivity contribution in [3.63, 3.8) is 0 Å². The fraction of sp³-hybridized carbons (Fsp3) is 0.0714. The summed E-state index contributed by atoms with van der Waals surface area (Å²) in [5, 5.41) is 13.5. The van der Waals surface area contributed by atoms with Crippen molar-refractivity contribution in [3.8, 4) is 33.6 Å². The first-order valence-corrected chi connectivity index (χ1v) is 33.1. The van der Waals surface area contributed by atoms with Gasteiger partial charge in [-0.2, -0.15) is 0 Å². The zero-order chi connectivity index (χ0) is 61.5. The van der Waals surface area contributed by atoms with Gasteiger partial charge in [0.25, 0.3) is 0 Å². The van der Waals surface area contributed by atoms with E-state index in [1.807, 2.05) is 46.9 Å². The van der Waals surface area contributed by atoms with E-state index < -0.39 is 22.7 Å². The van der Waals surface area contributed by atoms with E-state index in [0.717, 1.165) is 110 Å². The molecule has 4 nitrogen and oxygen atoms in total. The van der Waals surface area contributed by atoms with Gasteiger partial charge in [-0.25, -0.2) is 8.78 Å². The number of halogens is 2. The molecule has 6 aromatic heterocycles. The molecule has 0 amide bonds. The zero-order valence-electron chi connectivity index (χ0n) is 50.8. The molecule has 0 N–H and O–H groups in total. The van der Waals surface area contributed by atoms with Gasteiger partial charge in [-0.1, -0.05) is 182 Å². The fourth-order valence-electron chi connectivity index (χ4n) is 16.5. The molecule has 19 aromatic rings. The van der Waals surface area contributed by atoms with E-state index >= 15 is 8.78 Å². The van der Waals surface area contributed by atoms with Gasteiger partial charge in [0, 0.05) is 133 Å². The van der Waals surface area contributed by atoms with Gasteiger partial charge in [0.15, 0.2) is 0 Å². The molecular formula is C84H56F2N4S2. The van der Waals surface area contributed by atoms with Crippen molar-refractivity contribution in [3.05, 3.63) is 290 Å². The normalized spacial score (nSPS) is 12.7. The largest absolute Gasteiger partial charge is 0.331 e. The summed E-state index contributed by atoms with van der Waals surface area (Å²) in [5.74, 6) is -0.784. The first-order valence-electron chi connectivity index (χ1n) is 31.5. The summed E-state index contributed by atoms with van der Waals surface area (Å²) >= 11 is 3.62. The number of hydrogen-bond donors (Lipinski definition) is 0. The SMILES string of the molecule is CC(C)(c1c(-c2ccccc2F)c(-n2c3ccccc3c3c4c(ccc32)sc2ccccc24)c(C(C)(C)n2c3ccccc3c3ccccc32)c(-n2c3ccccc3c3c4c(ccc32)sc2ccccc24)c1-c1ccccc1F)n1c2ccccc2c2ccccc21. The average Bonchev–Trinajstić information content (AvgIpc) is 1.32. The molecule has 0 fully saturated rings. The lowest BCUT2D eigenvalue weighted by atomic mass is 9.74. The molecule has 0 unspecified atom stereocenters.